The Morgan fingerprint density at radius 3 is 2.21 bits per heavy atom. The molecular formula is C32H48N6O5. The maximum atomic E-state index is 13.7. The first-order valence-corrected chi connectivity index (χ1v) is 16.0. The van der Waals surface area contributed by atoms with Crippen molar-refractivity contribution in [2.24, 2.45) is 0 Å². The molecular weight excluding hydrogens is 548 g/mol. The molecule has 0 aliphatic carbocycles. The number of ether oxygens (including phenoxy) is 1. The van der Waals surface area contributed by atoms with E-state index >= 15 is 0 Å². The number of nitrogens with zero attached hydrogens (tertiary/aromatic N) is 4. The Balaban J connectivity index is 1.17. The molecule has 4 heterocycles. The van der Waals surface area contributed by atoms with Gasteiger partial charge in [-0.15, -0.1) is 0 Å². The van der Waals surface area contributed by atoms with Crippen molar-refractivity contribution < 1.29 is 23.9 Å². The number of fused-ring (bicyclic) bond motifs is 1. The molecule has 1 aromatic carbocycles. The molecule has 4 aliphatic heterocycles. The summed E-state index contributed by atoms with van der Waals surface area (Å²) in [5.74, 6) is -0.403. The molecule has 11 heteroatoms. The van der Waals surface area contributed by atoms with E-state index in [0.29, 0.717) is 51.6 Å². The van der Waals surface area contributed by atoms with Crippen LogP contribution >= 0.6 is 0 Å². The number of hydrogen-bond acceptors (Lipinski definition) is 6. The van der Waals surface area contributed by atoms with Gasteiger partial charge in [-0.2, -0.15) is 0 Å². The predicted molar refractivity (Wildman–Crippen MR) is 163 cm³/mol. The highest BCUT2D eigenvalue weighted by molar-refractivity contribution is 5.93. The number of anilines is 1. The zero-order valence-corrected chi connectivity index (χ0v) is 26.0. The van der Waals surface area contributed by atoms with Gasteiger partial charge >= 0.3 is 12.1 Å². The summed E-state index contributed by atoms with van der Waals surface area (Å²) in [6.45, 7) is 10.3. The Morgan fingerprint density at radius 1 is 0.907 bits per heavy atom. The van der Waals surface area contributed by atoms with E-state index in [1.807, 2.05) is 29.2 Å². The molecule has 236 valence electrons. The van der Waals surface area contributed by atoms with E-state index < -0.39 is 17.7 Å². The summed E-state index contributed by atoms with van der Waals surface area (Å²) in [5, 5.41) is 5.70. The van der Waals surface area contributed by atoms with Crippen molar-refractivity contribution in [3.05, 3.63) is 29.8 Å². The summed E-state index contributed by atoms with van der Waals surface area (Å²) < 4.78 is 5.45. The summed E-state index contributed by atoms with van der Waals surface area (Å²) in [4.78, 5) is 60.7. The third-order valence-electron chi connectivity index (χ3n) is 9.17. The largest absolute Gasteiger partial charge is 0.444 e. The number of rotatable bonds is 6. The van der Waals surface area contributed by atoms with Crippen LogP contribution in [0.25, 0.3) is 0 Å². The zero-order valence-electron chi connectivity index (χ0n) is 26.0. The quantitative estimate of drug-likeness (QED) is 0.517. The maximum absolute atomic E-state index is 13.7. The Hall–Kier alpha value is -3.34. The van der Waals surface area contributed by atoms with Crippen molar-refractivity contribution in [3.63, 3.8) is 0 Å². The molecule has 0 saturated carbocycles. The number of para-hydroxylation sites is 1. The van der Waals surface area contributed by atoms with E-state index in [0.717, 1.165) is 37.2 Å². The second kappa shape index (κ2) is 13.5. The van der Waals surface area contributed by atoms with Gasteiger partial charge in [0.15, 0.2) is 0 Å². The third kappa shape index (κ3) is 7.99. The Kier molecular flexibility index (Phi) is 9.78. The van der Waals surface area contributed by atoms with Crippen LogP contribution in [0.4, 0.5) is 15.3 Å². The van der Waals surface area contributed by atoms with E-state index in [9.17, 15) is 19.2 Å². The first kappa shape index (κ1) is 31.1. The van der Waals surface area contributed by atoms with Gasteiger partial charge in [0.1, 0.15) is 11.6 Å². The van der Waals surface area contributed by atoms with Gasteiger partial charge in [-0.05, 0) is 84.0 Å². The number of amides is 5. The fraction of sp³-hybridized carbons (Fsp3) is 0.688. The number of carbonyl (C=O) groups excluding carboxylic acids is 4. The minimum atomic E-state index is -0.990. The van der Waals surface area contributed by atoms with E-state index in [2.05, 4.69) is 15.5 Å². The standard InChI is InChI=1S/C32H48N6O5/c1-32(2,3)43-31(42)34-27(29(40)37-19-11-24(12-20-37)35-15-7-4-8-16-35)21-28(39)36-17-13-25(14-18-36)38-22-23-9-5-6-10-26(23)33-30(38)41/h5-6,9-10,24-25,27H,4,7-8,11-22H2,1-3H3,(H,33,41)(H,34,42). The number of urea groups is 1. The van der Waals surface area contributed by atoms with Gasteiger partial charge in [-0.3, -0.25) is 9.59 Å². The first-order chi connectivity index (χ1) is 20.6. The van der Waals surface area contributed by atoms with E-state index in [1.54, 1.807) is 30.6 Å². The van der Waals surface area contributed by atoms with Gasteiger partial charge in [-0.25, -0.2) is 9.59 Å². The monoisotopic (exact) mass is 596 g/mol. The molecule has 3 saturated heterocycles. The lowest BCUT2D eigenvalue weighted by Gasteiger charge is -2.41. The molecule has 1 unspecified atom stereocenters. The Bertz CT molecular complexity index is 1160. The summed E-state index contributed by atoms with van der Waals surface area (Å²) in [6, 6.07) is 7.21. The van der Waals surface area contributed by atoms with E-state index in [1.165, 1.54) is 19.3 Å². The van der Waals surface area contributed by atoms with Crippen LogP contribution in [0.15, 0.2) is 24.3 Å². The molecule has 0 spiro atoms. The van der Waals surface area contributed by atoms with E-state index in [-0.39, 0.29) is 30.3 Å². The highest BCUT2D eigenvalue weighted by atomic mass is 16.6. The normalized spacial score (nSPS) is 21.6. The molecule has 4 aliphatic rings. The number of nitrogens with one attached hydrogen (secondary N) is 2. The van der Waals surface area contributed by atoms with Crippen molar-refractivity contribution in [2.45, 2.75) is 102 Å². The van der Waals surface area contributed by atoms with Crippen molar-refractivity contribution in [1.29, 1.82) is 0 Å². The van der Waals surface area contributed by atoms with Crippen molar-refractivity contribution in [1.82, 2.24) is 24.9 Å². The minimum Gasteiger partial charge on any atom is -0.444 e. The molecule has 0 aromatic heterocycles. The minimum absolute atomic E-state index is 0.0240. The van der Waals surface area contributed by atoms with Gasteiger partial charge in [0.25, 0.3) is 0 Å². The lowest BCUT2D eigenvalue weighted by molar-refractivity contribution is -0.140. The van der Waals surface area contributed by atoms with E-state index in [4.69, 9.17) is 4.74 Å². The highest BCUT2D eigenvalue weighted by Gasteiger charge is 2.37. The lowest BCUT2D eigenvalue weighted by atomic mass is 9.98. The van der Waals surface area contributed by atoms with Crippen LogP contribution in [-0.2, 0) is 20.9 Å². The summed E-state index contributed by atoms with van der Waals surface area (Å²) in [5.41, 5.74) is 1.20. The van der Waals surface area contributed by atoms with Crippen LogP contribution in [0.5, 0.6) is 0 Å². The third-order valence-corrected chi connectivity index (χ3v) is 9.17. The SMILES string of the molecule is CC(C)(C)OC(=O)NC(CC(=O)N1CCC(N2Cc3ccccc3NC2=O)CC1)C(=O)N1CCC(N2CCCCC2)CC1. The lowest BCUT2D eigenvalue weighted by Crippen LogP contribution is -2.56. The van der Waals surface area contributed by atoms with Gasteiger partial charge in [0, 0.05) is 50.5 Å². The fourth-order valence-corrected chi connectivity index (χ4v) is 6.85. The molecule has 11 nitrogen and oxygen atoms in total. The van der Waals surface area contributed by atoms with Crippen molar-refractivity contribution >= 4 is 29.6 Å². The molecule has 1 atom stereocenters. The van der Waals surface area contributed by atoms with Crippen LogP contribution in [0.1, 0.15) is 77.7 Å². The summed E-state index contributed by atoms with van der Waals surface area (Å²) in [6.07, 6.45) is 6.07. The van der Waals surface area contributed by atoms with Gasteiger partial charge in [-0.1, -0.05) is 24.6 Å². The molecule has 0 bridgehead atoms. The van der Waals surface area contributed by atoms with Crippen LogP contribution in [-0.4, -0.2) is 107 Å². The van der Waals surface area contributed by atoms with Gasteiger partial charge < -0.3 is 35.0 Å². The number of alkyl carbamates (subject to hydrolysis) is 1. The molecule has 0 radical (unpaired) electrons. The number of benzene rings is 1. The van der Waals surface area contributed by atoms with Gasteiger partial charge in [0.05, 0.1) is 6.42 Å². The Labute approximate surface area is 255 Å². The second-order valence-corrected chi connectivity index (χ2v) is 13.4. The number of carbonyl (C=O) groups is 4. The molecule has 5 amide bonds. The van der Waals surface area contributed by atoms with Crippen LogP contribution in [0.2, 0.25) is 0 Å². The molecule has 3 fully saturated rings. The number of likely N-dealkylation sites (tertiary alicyclic amines) is 3. The number of hydrogen-bond donors (Lipinski definition) is 2. The summed E-state index contributed by atoms with van der Waals surface area (Å²) in [7, 11) is 0. The van der Waals surface area contributed by atoms with Crippen LogP contribution in [0.3, 0.4) is 0 Å². The van der Waals surface area contributed by atoms with Crippen LogP contribution in [0, 0.1) is 0 Å². The smallest absolute Gasteiger partial charge is 0.408 e. The van der Waals surface area contributed by atoms with Crippen molar-refractivity contribution in [2.75, 3.05) is 44.6 Å². The molecule has 43 heavy (non-hydrogen) atoms. The van der Waals surface area contributed by atoms with Crippen molar-refractivity contribution in [3.8, 4) is 0 Å². The molecule has 2 N–H and O–H groups in total. The average molecular weight is 597 g/mol. The fourth-order valence-electron chi connectivity index (χ4n) is 6.85. The topological polar surface area (TPSA) is 115 Å². The molecule has 5 rings (SSSR count). The highest BCUT2D eigenvalue weighted by Crippen LogP contribution is 2.28. The second-order valence-electron chi connectivity index (χ2n) is 13.4. The summed E-state index contributed by atoms with van der Waals surface area (Å²) >= 11 is 0. The Morgan fingerprint density at radius 2 is 1.53 bits per heavy atom. The van der Waals surface area contributed by atoms with Gasteiger partial charge in [0.2, 0.25) is 11.8 Å². The average Bonchev–Trinajstić information content (AvgIpc) is 2.99. The number of piperidine rings is 3. The predicted octanol–water partition coefficient (Wildman–Crippen LogP) is 3.79. The molecule has 1 aromatic rings. The van der Waals surface area contributed by atoms with Crippen LogP contribution < -0.4 is 10.6 Å². The first-order valence-electron chi connectivity index (χ1n) is 16.0. The maximum Gasteiger partial charge on any atom is 0.408 e. The zero-order chi connectivity index (χ0) is 30.6.